The van der Waals surface area contributed by atoms with Gasteiger partial charge in [-0.2, -0.15) is 0 Å². The smallest absolute Gasteiger partial charge is 0.336 e. The first-order valence-electron chi connectivity index (χ1n) is 9.22. The molecule has 1 saturated heterocycles. The van der Waals surface area contributed by atoms with Gasteiger partial charge in [-0.3, -0.25) is 19.9 Å². The van der Waals surface area contributed by atoms with Crippen LogP contribution in [0.4, 0.5) is 16.2 Å². The van der Waals surface area contributed by atoms with E-state index in [1.165, 1.54) is 18.5 Å². The number of barbiturate groups is 1. The largest absolute Gasteiger partial charge is 0.378 e. The Morgan fingerprint density at radius 1 is 0.967 bits per heavy atom. The van der Waals surface area contributed by atoms with Gasteiger partial charge in [-0.25, -0.2) is 9.69 Å². The van der Waals surface area contributed by atoms with E-state index in [9.17, 15) is 14.4 Å². The molecular formula is C22H19N5O3. The number of rotatable bonds is 4. The minimum Gasteiger partial charge on any atom is -0.378 e. The third-order valence-corrected chi connectivity index (χ3v) is 4.72. The number of hydrogen-bond acceptors (Lipinski definition) is 5. The summed E-state index contributed by atoms with van der Waals surface area (Å²) >= 11 is 0. The highest BCUT2D eigenvalue weighted by Crippen LogP contribution is 2.23. The lowest BCUT2D eigenvalue weighted by Crippen LogP contribution is -2.54. The molecule has 30 heavy (non-hydrogen) atoms. The summed E-state index contributed by atoms with van der Waals surface area (Å²) in [5, 5.41) is 2.22. The molecule has 8 nitrogen and oxygen atoms in total. The molecule has 0 unspecified atom stereocenters. The average Bonchev–Trinajstić information content (AvgIpc) is 3.20. The van der Waals surface area contributed by atoms with Gasteiger partial charge >= 0.3 is 6.03 Å². The molecule has 1 aromatic carbocycles. The molecular weight excluding hydrogens is 382 g/mol. The molecule has 0 radical (unpaired) electrons. The van der Waals surface area contributed by atoms with Crippen LogP contribution in [0.2, 0.25) is 0 Å². The second-order valence-electron chi connectivity index (χ2n) is 6.88. The van der Waals surface area contributed by atoms with Crippen LogP contribution in [0.3, 0.4) is 0 Å². The molecule has 1 N–H and O–H groups in total. The fraction of sp³-hybridized carbons (Fsp3) is 0.0909. The molecule has 0 saturated carbocycles. The highest BCUT2D eigenvalue weighted by atomic mass is 16.2. The van der Waals surface area contributed by atoms with Crippen LogP contribution in [0, 0.1) is 0 Å². The van der Waals surface area contributed by atoms with Crippen molar-refractivity contribution >= 4 is 35.3 Å². The van der Waals surface area contributed by atoms with E-state index in [1.807, 2.05) is 60.1 Å². The van der Waals surface area contributed by atoms with E-state index in [0.29, 0.717) is 5.69 Å². The Bertz CT molecular complexity index is 1150. The van der Waals surface area contributed by atoms with Crippen LogP contribution in [0.15, 0.2) is 72.7 Å². The average molecular weight is 401 g/mol. The van der Waals surface area contributed by atoms with Crippen molar-refractivity contribution in [2.24, 2.45) is 0 Å². The molecule has 0 bridgehead atoms. The van der Waals surface area contributed by atoms with Gasteiger partial charge in [0.25, 0.3) is 11.8 Å². The quantitative estimate of drug-likeness (QED) is 0.536. The minimum atomic E-state index is -0.801. The van der Waals surface area contributed by atoms with E-state index in [4.69, 9.17) is 0 Å². The van der Waals surface area contributed by atoms with E-state index in [2.05, 4.69) is 10.3 Å². The Morgan fingerprint density at radius 3 is 2.40 bits per heavy atom. The third-order valence-electron chi connectivity index (χ3n) is 4.72. The number of carbonyl (C=O) groups is 3. The molecule has 0 atom stereocenters. The third kappa shape index (κ3) is 3.46. The fourth-order valence-electron chi connectivity index (χ4n) is 3.18. The summed E-state index contributed by atoms with van der Waals surface area (Å²) in [6.07, 6.45) is 6.24. The number of anilines is 2. The van der Waals surface area contributed by atoms with Crippen LogP contribution < -0.4 is 15.1 Å². The van der Waals surface area contributed by atoms with E-state index in [-0.39, 0.29) is 11.3 Å². The maximum Gasteiger partial charge on any atom is 0.336 e. The number of imide groups is 2. The minimum absolute atomic E-state index is 0.136. The number of pyridine rings is 1. The van der Waals surface area contributed by atoms with Gasteiger partial charge < -0.3 is 9.47 Å². The Labute approximate surface area is 173 Å². The highest BCUT2D eigenvalue weighted by Gasteiger charge is 2.37. The zero-order valence-corrected chi connectivity index (χ0v) is 16.4. The molecule has 150 valence electrons. The van der Waals surface area contributed by atoms with Gasteiger partial charge in [-0.1, -0.05) is 0 Å². The number of carbonyl (C=O) groups excluding carboxylic acids is 3. The standard InChI is InChI=1S/C22H19N5O3/c1-25(2)15-7-9-16(10-8-15)26-12-4-6-17(26)13-19-20(28)24-22(30)27(21(19)29)18-5-3-11-23-14-18/h3-14H,1-2H3,(H,24,28,30)/b19-13+. The maximum absolute atomic E-state index is 13.0. The zero-order chi connectivity index (χ0) is 21.3. The Balaban J connectivity index is 1.71. The van der Waals surface area contributed by atoms with Gasteiger partial charge in [0.1, 0.15) is 5.57 Å². The van der Waals surface area contributed by atoms with Crippen molar-refractivity contribution in [3.8, 4) is 5.69 Å². The molecule has 1 aliphatic rings. The maximum atomic E-state index is 13.0. The van der Waals surface area contributed by atoms with Crippen LogP contribution in [0.5, 0.6) is 0 Å². The molecule has 4 rings (SSSR count). The van der Waals surface area contributed by atoms with Crippen molar-refractivity contribution in [3.63, 3.8) is 0 Å². The molecule has 8 heteroatoms. The van der Waals surface area contributed by atoms with Crippen molar-refractivity contribution in [3.05, 3.63) is 78.4 Å². The number of nitrogens with zero attached hydrogens (tertiary/aromatic N) is 4. The summed E-state index contributed by atoms with van der Waals surface area (Å²) < 4.78 is 1.86. The summed E-state index contributed by atoms with van der Waals surface area (Å²) in [6.45, 7) is 0. The van der Waals surface area contributed by atoms with Gasteiger partial charge in [0, 0.05) is 43.6 Å². The second kappa shape index (κ2) is 7.67. The second-order valence-corrected chi connectivity index (χ2v) is 6.88. The van der Waals surface area contributed by atoms with Crippen LogP contribution in [-0.2, 0) is 9.59 Å². The normalized spacial score (nSPS) is 15.5. The predicted molar refractivity (Wildman–Crippen MR) is 113 cm³/mol. The van der Waals surface area contributed by atoms with E-state index >= 15 is 0 Å². The molecule has 3 heterocycles. The molecule has 1 fully saturated rings. The predicted octanol–water partition coefficient (Wildman–Crippen LogP) is 2.60. The summed E-state index contributed by atoms with van der Waals surface area (Å²) in [7, 11) is 3.92. The summed E-state index contributed by atoms with van der Waals surface area (Å²) in [4.78, 5) is 44.5. The van der Waals surface area contributed by atoms with Crippen LogP contribution in [0.25, 0.3) is 11.8 Å². The SMILES string of the molecule is CN(C)c1ccc(-n2cccc2/C=C2\C(=O)NC(=O)N(c3cccnc3)C2=O)cc1. The van der Waals surface area contributed by atoms with Gasteiger partial charge in [-0.05, 0) is 54.6 Å². The summed E-state index contributed by atoms with van der Waals surface area (Å²) in [5.74, 6) is -1.44. The van der Waals surface area contributed by atoms with Crippen LogP contribution >= 0.6 is 0 Å². The molecule has 4 amide bonds. The van der Waals surface area contributed by atoms with E-state index in [1.54, 1.807) is 18.2 Å². The van der Waals surface area contributed by atoms with Crippen LogP contribution in [-0.4, -0.2) is 41.5 Å². The molecule has 3 aromatic rings. The fourth-order valence-corrected chi connectivity index (χ4v) is 3.18. The lowest BCUT2D eigenvalue weighted by molar-refractivity contribution is -0.122. The van der Waals surface area contributed by atoms with Gasteiger partial charge in [0.15, 0.2) is 0 Å². The first-order valence-corrected chi connectivity index (χ1v) is 9.22. The van der Waals surface area contributed by atoms with Crippen molar-refractivity contribution in [2.75, 3.05) is 23.9 Å². The van der Waals surface area contributed by atoms with Crippen molar-refractivity contribution in [1.82, 2.24) is 14.9 Å². The summed E-state index contributed by atoms with van der Waals surface area (Å²) in [5.41, 5.74) is 2.71. The number of urea groups is 1. The van der Waals surface area contributed by atoms with Crippen molar-refractivity contribution in [2.45, 2.75) is 0 Å². The van der Waals surface area contributed by atoms with Gasteiger partial charge in [0.2, 0.25) is 0 Å². The number of nitrogens with one attached hydrogen (secondary N) is 1. The van der Waals surface area contributed by atoms with Crippen molar-refractivity contribution in [1.29, 1.82) is 0 Å². The molecule has 1 aliphatic heterocycles. The molecule has 2 aromatic heterocycles. The summed E-state index contributed by atoms with van der Waals surface area (Å²) in [6, 6.07) is 13.9. The Kier molecular flexibility index (Phi) is 4.89. The monoisotopic (exact) mass is 401 g/mol. The van der Waals surface area contributed by atoms with E-state index < -0.39 is 17.8 Å². The van der Waals surface area contributed by atoms with Gasteiger partial charge in [0.05, 0.1) is 11.9 Å². The number of hydrogen-bond donors (Lipinski definition) is 1. The van der Waals surface area contributed by atoms with Gasteiger partial charge in [-0.15, -0.1) is 0 Å². The first kappa shape index (κ1) is 19.1. The number of aromatic nitrogens is 2. The zero-order valence-electron chi connectivity index (χ0n) is 16.4. The lowest BCUT2D eigenvalue weighted by atomic mass is 10.1. The van der Waals surface area contributed by atoms with Crippen LogP contribution in [0.1, 0.15) is 5.69 Å². The lowest BCUT2D eigenvalue weighted by Gasteiger charge is -2.26. The Morgan fingerprint density at radius 2 is 1.73 bits per heavy atom. The number of benzene rings is 1. The Hall–Kier alpha value is -4.20. The topological polar surface area (TPSA) is 87.5 Å². The van der Waals surface area contributed by atoms with E-state index in [0.717, 1.165) is 16.3 Å². The van der Waals surface area contributed by atoms with Crippen molar-refractivity contribution < 1.29 is 14.4 Å². The first-order chi connectivity index (χ1) is 14.5. The molecule has 0 spiro atoms. The number of amides is 4. The molecule has 0 aliphatic carbocycles. The highest BCUT2D eigenvalue weighted by molar-refractivity contribution is 6.39.